The highest BCUT2D eigenvalue weighted by Gasteiger charge is 2.30. The SMILES string of the molecule is CC(C(=O)Nc1ccc(Cl)cc1)[C@H]1CC[C@@H](Oc2ccnc3ccccc23)CC1. The first kappa shape index (κ1) is 19.7. The topological polar surface area (TPSA) is 51.2 Å². The Kier molecular flexibility index (Phi) is 6.00. The number of anilines is 1. The van der Waals surface area contributed by atoms with Gasteiger partial charge in [-0.25, -0.2) is 0 Å². The summed E-state index contributed by atoms with van der Waals surface area (Å²) in [6, 6.07) is 17.2. The van der Waals surface area contributed by atoms with E-state index in [0.717, 1.165) is 48.0 Å². The Bertz CT molecular complexity index is 976. The molecule has 0 radical (unpaired) electrons. The number of carbonyl (C=O) groups is 1. The van der Waals surface area contributed by atoms with E-state index in [0.29, 0.717) is 10.9 Å². The van der Waals surface area contributed by atoms with Gasteiger partial charge in [0.2, 0.25) is 5.91 Å². The Balaban J connectivity index is 1.32. The zero-order valence-electron chi connectivity index (χ0n) is 16.5. The normalized spacial score (nSPS) is 20.2. The summed E-state index contributed by atoms with van der Waals surface area (Å²) in [6.07, 6.45) is 5.88. The summed E-state index contributed by atoms with van der Waals surface area (Å²) >= 11 is 5.91. The van der Waals surface area contributed by atoms with E-state index in [9.17, 15) is 4.79 Å². The molecule has 1 amide bonds. The first-order valence-electron chi connectivity index (χ1n) is 10.2. The van der Waals surface area contributed by atoms with Gasteiger partial charge in [-0.05, 0) is 74.1 Å². The molecule has 1 unspecified atom stereocenters. The molecule has 4 nitrogen and oxygen atoms in total. The Morgan fingerprint density at radius 1 is 1.07 bits per heavy atom. The molecular weight excluding hydrogens is 384 g/mol. The monoisotopic (exact) mass is 408 g/mol. The lowest BCUT2D eigenvalue weighted by molar-refractivity contribution is -0.121. The Morgan fingerprint density at radius 3 is 2.55 bits per heavy atom. The van der Waals surface area contributed by atoms with Crippen LogP contribution in [0.4, 0.5) is 5.69 Å². The summed E-state index contributed by atoms with van der Waals surface area (Å²) in [4.78, 5) is 17.0. The summed E-state index contributed by atoms with van der Waals surface area (Å²) in [5.74, 6) is 1.30. The van der Waals surface area contributed by atoms with Crippen LogP contribution in [0.2, 0.25) is 5.02 Å². The van der Waals surface area contributed by atoms with E-state index >= 15 is 0 Å². The molecule has 0 saturated heterocycles. The van der Waals surface area contributed by atoms with Crippen molar-refractivity contribution < 1.29 is 9.53 Å². The minimum absolute atomic E-state index is 0.0339. The third kappa shape index (κ3) is 4.70. The van der Waals surface area contributed by atoms with Crippen molar-refractivity contribution in [3.63, 3.8) is 0 Å². The fourth-order valence-corrected chi connectivity index (χ4v) is 4.19. The fraction of sp³-hybridized carbons (Fsp3) is 0.333. The molecule has 5 heteroatoms. The van der Waals surface area contributed by atoms with Gasteiger partial charge in [0.25, 0.3) is 0 Å². The third-order valence-electron chi connectivity index (χ3n) is 5.85. The van der Waals surface area contributed by atoms with Crippen molar-refractivity contribution in [2.75, 3.05) is 5.32 Å². The molecule has 0 bridgehead atoms. The van der Waals surface area contributed by atoms with Crippen LogP contribution in [0.25, 0.3) is 10.9 Å². The number of nitrogens with zero attached hydrogens (tertiary/aromatic N) is 1. The predicted molar refractivity (Wildman–Crippen MR) is 117 cm³/mol. The van der Waals surface area contributed by atoms with Crippen molar-refractivity contribution in [1.82, 2.24) is 4.98 Å². The second-order valence-corrected chi connectivity index (χ2v) is 8.20. The van der Waals surface area contributed by atoms with E-state index < -0.39 is 0 Å². The molecule has 3 aromatic rings. The number of amides is 1. The molecule has 150 valence electrons. The summed E-state index contributed by atoms with van der Waals surface area (Å²) in [5.41, 5.74) is 1.74. The van der Waals surface area contributed by atoms with Crippen molar-refractivity contribution in [2.24, 2.45) is 11.8 Å². The number of ether oxygens (including phenoxy) is 1. The standard InChI is InChI=1S/C24H25ClN2O2/c1-16(24(28)27-19-10-8-18(25)9-11-19)17-6-12-20(13-7-17)29-23-14-15-26-22-5-3-2-4-21(22)23/h2-5,8-11,14-17,20H,6-7,12-13H2,1H3,(H,27,28)/t16?,17-,20+. The van der Waals surface area contributed by atoms with Crippen LogP contribution in [0, 0.1) is 11.8 Å². The third-order valence-corrected chi connectivity index (χ3v) is 6.11. The maximum absolute atomic E-state index is 12.6. The first-order chi connectivity index (χ1) is 14.1. The van der Waals surface area contributed by atoms with Gasteiger partial charge in [-0.15, -0.1) is 0 Å². The number of fused-ring (bicyclic) bond motifs is 1. The van der Waals surface area contributed by atoms with E-state index in [-0.39, 0.29) is 17.9 Å². The molecule has 1 aliphatic rings. The zero-order valence-corrected chi connectivity index (χ0v) is 17.2. The molecule has 29 heavy (non-hydrogen) atoms. The smallest absolute Gasteiger partial charge is 0.227 e. The number of halogens is 1. The van der Waals surface area contributed by atoms with Gasteiger partial charge in [-0.3, -0.25) is 9.78 Å². The summed E-state index contributed by atoms with van der Waals surface area (Å²) in [6.45, 7) is 2.02. The molecule has 1 N–H and O–H groups in total. The number of carbonyl (C=O) groups excluding carboxylic acids is 1. The Labute approximate surface area is 176 Å². The van der Waals surface area contributed by atoms with Gasteiger partial charge in [0.1, 0.15) is 5.75 Å². The molecule has 0 spiro atoms. The molecule has 1 aromatic heterocycles. The van der Waals surface area contributed by atoms with Crippen molar-refractivity contribution in [1.29, 1.82) is 0 Å². The van der Waals surface area contributed by atoms with E-state index in [1.54, 1.807) is 18.3 Å². The van der Waals surface area contributed by atoms with Crippen molar-refractivity contribution in [3.8, 4) is 5.75 Å². The lowest BCUT2D eigenvalue weighted by Gasteiger charge is -2.32. The molecule has 1 aliphatic carbocycles. The highest BCUT2D eigenvalue weighted by atomic mass is 35.5. The van der Waals surface area contributed by atoms with E-state index in [2.05, 4.69) is 10.3 Å². The van der Waals surface area contributed by atoms with Gasteiger partial charge in [0, 0.05) is 28.2 Å². The van der Waals surface area contributed by atoms with Gasteiger partial charge in [0.15, 0.2) is 0 Å². The Morgan fingerprint density at radius 2 is 1.79 bits per heavy atom. The average molecular weight is 409 g/mol. The van der Waals surface area contributed by atoms with Crippen LogP contribution < -0.4 is 10.1 Å². The zero-order chi connectivity index (χ0) is 20.2. The second kappa shape index (κ2) is 8.83. The second-order valence-electron chi connectivity index (χ2n) is 7.77. The minimum Gasteiger partial charge on any atom is -0.490 e. The molecule has 1 saturated carbocycles. The fourth-order valence-electron chi connectivity index (χ4n) is 4.06. The summed E-state index contributed by atoms with van der Waals surface area (Å²) < 4.78 is 6.31. The molecule has 4 rings (SSSR count). The van der Waals surface area contributed by atoms with Crippen molar-refractivity contribution in [3.05, 3.63) is 65.8 Å². The number of aromatic nitrogens is 1. The number of hydrogen-bond acceptors (Lipinski definition) is 3. The quantitative estimate of drug-likeness (QED) is 0.554. The molecule has 1 heterocycles. The summed E-state index contributed by atoms with van der Waals surface area (Å²) in [5, 5.41) is 4.71. The lowest BCUT2D eigenvalue weighted by Crippen LogP contribution is -2.32. The summed E-state index contributed by atoms with van der Waals surface area (Å²) in [7, 11) is 0. The van der Waals surface area contributed by atoms with Crippen LogP contribution in [0.15, 0.2) is 60.8 Å². The van der Waals surface area contributed by atoms with Crippen molar-refractivity contribution in [2.45, 2.75) is 38.7 Å². The highest BCUT2D eigenvalue weighted by Crippen LogP contribution is 2.34. The van der Waals surface area contributed by atoms with Crippen LogP contribution >= 0.6 is 11.6 Å². The predicted octanol–water partition coefficient (Wildman–Crippen LogP) is 6.10. The highest BCUT2D eigenvalue weighted by molar-refractivity contribution is 6.30. The van der Waals surface area contributed by atoms with Gasteiger partial charge < -0.3 is 10.1 Å². The first-order valence-corrected chi connectivity index (χ1v) is 10.5. The Hall–Kier alpha value is -2.59. The number of para-hydroxylation sites is 1. The van der Waals surface area contributed by atoms with Crippen LogP contribution in [-0.2, 0) is 4.79 Å². The van der Waals surface area contributed by atoms with Crippen LogP contribution in [-0.4, -0.2) is 17.0 Å². The average Bonchev–Trinajstić information content (AvgIpc) is 2.75. The molecule has 0 aliphatic heterocycles. The van der Waals surface area contributed by atoms with E-state index in [1.807, 2.05) is 49.4 Å². The number of pyridine rings is 1. The molecule has 1 atom stereocenters. The van der Waals surface area contributed by atoms with Gasteiger partial charge >= 0.3 is 0 Å². The van der Waals surface area contributed by atoms with Gasteiger partial charge in [0.05, 0.1) is 11.6 Å². The molecule has 2 aromatic carbocycles. The van der Waals surface area contributed by atoms with Crippen LogP contribution in [0.5, 0.6) is 5.75 Å². The lowest BCUT2D eigenvalue weighted by atomic mass is 9.79. The number of benzene rings is 2. The number of rotatable bonds is 5. The number of hydrogen-bond donors (Lipinski definition) is 1. The van der Waals surface area contributed by atoms with E-state index in [4.69, 9.17) is 16.3 Å². The van der Waals surface area contributed by atoms with Gasteiger partial charge in [-0.2, -0.15) is 0 Å². The number of nitrogens with one attached hydrogen (secondary N) is 1. The maximum atomic E-state index is 12.6. The minimum atomic E-state index is -0.0339. The maximum Gasteiger partial charge on any atom is 0.227 e. The van der Waals surface area contributed by atoms with Crippen molar-refractivity contribution >= 4 is 34.1 Å². The van der Waals surface area contributed by atoms with Gasteiger partial charge in [-0.1, -0.05) is 30.7 Å². The van der Waals surface area contributed by atoms with E-state index in [1.165, 1.54) is 0 Å². The molecule has 1 fully saturated rings. The largest absolute Gasteiger partial charge is 0.490 e. The van der Waals surface area contributed by atoms with Crippen LogP contribution in [0.1, 0.15) is 32.6 Å². The molecular formula is C24H25ClN2O2. The van der Waals surface area contributed by atoms with Crippen LogP contribution in [0.3, 0.4) is 0 Å².